The van der Waals surface area contributed by atoms with Gasteiger partial charge in [0, 0.05) is 0 Å². The lowest BCUT2D eigenvalue weighted by atomic mass is 9.91. The van der Waals surface area contributed by atoms with Gasteiger partial charge in [0.25, 0.3) is 0 Å². The van der Waals surface area contributed by atoms with Crippen LogP contribution in [0.3, 0.4) is 0 Å². The Balaban J connectivity index is 2.24. The lowest BCUT2D eigenvalue weighted by Crippen LogP contribution is -2.09. The van der Waals surface area contributed by atoms with E-state index in [1.165, 1.54) is 38.5 Å². The molecule has 11 heavy (non-hydrogen) atoms. The molecule has 1 nitrogen and oxygen atoms in total. The first kappa shape index (κ1) is 8.79. The van der Waals surface area contributed by atoms with Gasteiger partial charge in [-0.2, -0.15) is 0 Å². The van der Waals surface area contributed by atoms with E-state index in [4.69, 9.17) is 5.73 Å². The van der Waals surface area contributed by atoms with Gasteiger partial charge >= 0.3 is 0 Å². The molecule has 64 valence electrons. The summed E-state index contributed by atoms with van der Waals surface area (Å²) in [6, 6.07) is 0. The zero-order chi connectivity index (χ0) is 7.94. The van der Waals surface area contributed by atoms with Crippen LogP contribution in [0.4, 0.5) is 0 Å². The Hall–Kier alpha value is -0.300. The fourth-order valence-electron chi connectivity index (χ4n) is 1.76. The van der Waals surface area contributed by atoms with Crippen molar-refractivity contribution in [3.63, 3.8) is 0 Å². The largest absolute Gasteiger partial charge is 0.330 e. The minimum absolute atomic E-state index is 0.869. The molecule has 0 saturated heterocycles. The standard InChI is InChI=1S/C10H19N/c11-9-8-10-6-4-2-1-3-5-7-10/h1-2,10H,3-9,11H2/b2-1-. The normalized spacial score (nSPS) is 29.0. The van der Waals surface area contributed by atoms with Gasteiger partial charge < -0.3 is 5.73 Å². The van der Waals surface area contributed by atoms with Crippen LogP contribution in [0, 0.1) is 5.92 Å². The Bertz CT molecular complexity index is 118. The second-order valence-electron chi connectivity index (χ2n) is 3.42. The van der Waals surface area contributed by atoms with Gasteiger partial charge in [-0.1, -0.05) is 18.6 Å². The summed E-state index contributed by atoms with van der Waals surface area (Å²) in [5.41, 5.74) is 5.53. The van der Waals surface area contributed by atoms with Crippen LogP contribution in [-0.4, -0.2) is 6.54 Å². The van der Waals surface area contributed by atoms with Crippen molar-refractivity contribution in [1.82, 2.24) is 0 Å². The number of rotatable bonds is 2. The van der Waals surface area contributed by atoms with Crippen molar-refractivity contribution in [2.75, 3.05) is 6.54 Å². The molecule has 0 bridgehead atoms. The van der Waals surface area contributed by atoms with E-state index in [0.717, 1.165) is 12.5 Å². The maximum Gasteiger partial charge on any atom is -0.00746 e. The summed E-state index contributed by atoms with van der Waals surface area (Å²) in [5.74, 6) is 0.907. The average molecular weight is 153 g/mol. The molecule has 0 saturated carbocycles. The highest BCUT2D eigenvalue weighted by molar-refractivity contribution is 4.84. The summed E-state index contributed by atoms with van der Waals surface area (Å²) in [4.78, 5) is 0. The predicted octanol–water partition coefficient (Wildman–Crippen LogP) is 2.47. The molecule has 0 fully saturated rings. The summed E-state index contributed by atoms with van der Waals surface area (Å²) in [7, 11) is 0. The SMILES string of the molecule is NCCC1CC/C=C\CCC1. The topological polar surface area (TPSA) is 26.0 Å². The van der Waals surface area contributed by atoms with Crippen molar-refractivity contribution in [3.8, 4) is 0 Å². The molecule has 0 aromatic heterocycles. The molecule has 1 aliphatic rings. The molecule has 0 aromatic carbocycles. The van der Waals surface area contributed by atoms with Gasteiger partial charge in [0.05, 0.1) is 0 Å². The third-order valence-corrected chi connectivity index (χ3v) is 2.47. The molecule has 1 atom stereocenters. The number of hydrogen-bond acceptors (Lipinski definition) is 1. The molecule has 0 aromatic rings. The second-order valence-corrected chi connectivity index (χ2v) is 3.42. The van der Waals surface area contributed by atoms with E-state index in [1.807, 2.05) is 0 Å². The summed E-state index contributed by atoms with van der Waals surface area (Å²) in [5, 5.41) is 0. The van der Waals surface area contributed by atoms with Crippen LogP contribution in [-0.2, 0) is 0 Å². The van der Waals surface area contributed by atoms with Crippen molar-refractivity contribution in [2.45, 2.75) is 38.5 Å². The zero-order valence-electron chi connectivity index (χ0n) is 7.26. The lowest BCUT2D eigenvalue weighted by molar-refractivity contribution is 0.412. The van der Waals surface area contributed by atoms with Gasteiger partial charge in [-0.3, -0.25) is 0 Å². The van der Waals surface area contributed by atoms with E-state index in [0.29, 0.717) is 0 Å². The van der Waals surface area contributed by atoms with Gasteiger partial charge in [0.15, 0.2) is 0 Å². The van der Waals surface area contributed by atoms with E-state index < -0.39 is 0 Å². The smallest absolute Gasteiger partial charge is 0.00746 e. The third kappa shape index (κ3) is 3.57. The van der Waals surface area contributed by atoms with E-state index >= 15 is 0 Å². The minimum atomic E-state index is 0.869. The Morgan fingerprint density at radius 2 is 2.00 bits per heavy atom. The average Bonchev–Trinajstić information content (AvgIpc) is 1.94. The lowest BCUT2D eigenvalue weighted by Gasteiger charge is -2.15. The fraction of sp³-hybridized carbons (Fsp3) is 0.800. The van der Waals surface area contributed by atoms with Crippen molar-refractivity contribution in [1.29, 1.82) is 0 Å². The number of nitrogens with two attached hydrogens (primary N) is 1. The maximum absolute atomic E-state index is 5.53. The molecule has 1 unspecified atom stereocenters. The summed E-state index contributed by atoms with van der Waals surface area (Å²) in [6.45, 7) is 0.869. The van der Waals surface area contributed by atoms with Gasteiger partial charge in [-0.15, -0.1) is 0 Å². The van der Waals surface area contributed by atoms with Crippen LogP contribution in [0.1, 0.15) is 38.5 Å². The van der Waals surface area contributed by atoms with Gasteiger partial charge in [-0.25, -0.2) is 0 Å². The van der Waals surface area contributed by atoms with Crippen molar-refractivity contribution >= 4 is 0 Å². The highest BCUT2D eigenvalue weighted by Gasteiger charge is 2.07. The minimum Gasteiger partial charge on any atom is -0.330 e. The second kappa shape index (κ2) is 5.36. The first-order valence-corrected chi connectivity index (χ1v) is 4.78. The highest BCUT2D eigenvalue weighted by Crippen LogP contribution is 2.20. The van der Waals surface area contributed by atoms with Crippen molar-refractivity contribution < 1.29 is 0 Å². The Morgan fingerprint density at radius 1 is 1.18 bits per heavy atom. The van der Waals surface area contributed by atoms with Crippen molar-refractivity contribution in [3.05, 3.63) is 12.2 Å². The highest BCUT2D eigenvalue weighted by atomic mass is 14.5. The molecule has 0 radical (unpaired) electrons. The zero-order valence-corrected chi connectivity index (χ0v) is 7.26. The molecule has 2 N–H and O–H groups in total. The molecule has 0 amide bonds. The Labute approximate surface area is 69.7 Å². The quantitative estimate of drug-likeness (QED) is 0.606. The molecule has 0 heterocycles. The molecule has 0 spiro atoms. The van der Waals surface area contributed by atoms with Crippen LogP contribution < -0.4 is 5.73 Å². The van der Waals surface area contributed by atoms with E-state index in [2.05, 4.69) is 12.2 Å². The molecule has 1 aliphatic carbocycles. The Morgan fingerprint density at radius 3 is 2.82 bits per heavy atom. The van der Waals surface area contributed by atoms with Crippen LogP contribution in [0.5, 0.6) is 0 Å². The molecule has 1 heteroatoms. The van der Waals surface area contributed by atoms with Crippen LogP contribution >= 0.6 is 0 Å². The maximum atomic E-state index is 5.53. The van der Waals surface area contributed by atoms with Crippen LogP contribution in [0.2, 0.25) is 0 Å². The fourth-order valence-corrected chi connectivity index (χ4v) is 1.76. The molecule has 1 rings (SSSR count). The summed E-state index contributed by atoms with van der Waals surface area (Å²) < 4.78 is 0. The van der Waals surface area contributed by atoms with Gasteiger partial charge in [-0.05, 0) is 44.6 Å². The molecular weight excluding hydrogens is 134 g/mol. The van der Waals surface area contributed by atoms with Crippen LogP contribution in [0.25, 0.3) is 0 Å². The summed E-state index contributed by atoms with van der Waals surface area (Å²) in [6.07, 6.45) is 12.5. The summed E-state index contributed by atoms with van der Waals surface area (Å²) >= 11 is 0. The van der Waals surface area contributed by atoms with Gasteiger partial charge in [0.1, 0.15) is 0 Å². The van der Waals surface area contributed by atoms with E-state index in [-0.39, 0.29) is 0 Å². The third-order valence-electron chi connectivity index (χ3n) is 2.47. The first-order chi connectivity index (χ1) is 5.43. The van der Waals surface area contributed by atoms with Crippen molar-refractivity contribution in [2.24, 2.45) is 11.7 Å². The molecular formula is C10H19N. The van der Waals surface area contributed by atoms with E-state index in [9.17, 15) is 0 Å². The monoisotopic (exact) mass is 153 g/mol. The van der Waals surface area contributed by atoms with Gasteiger partial charge in [0.2, 0.25) is 0 Å². The van der Waals surface area contributed by atoms with E-state index in [1.54, 1.807) is 0 Å². The first-order valence-electron chi connectivity index (χ1n) is 4.78. The Kier molecular flexibility index (Phi) is 4.29. The predicted molar refractivity (Wildman–Crippen MR) is 49.4 cm³/mol. The number of hydrogen-bond donors (Lipinski definition) is 1. The number of allylic oxidation sites excluding steroid dienone is 2. The van der Waals surface area contributed by atoms with Crippen LogP contribution in [0.15, 0.2) is 12.2 Å². The molecule has 0 aliphatic heterocycles.